The molecule has 1 N–H and O–H groups in total. The first kappa shape index (κ1) is 22.6. The molecule has 5 heteroatoms. The van der Waals surface area contributed by atoms with E-state index in [4.69, 9.17) is 4.74 Å². The molecule has 1 fully saturated rings. The van der Waals surface area contributed by atoms with Gasteiger partial charge in [-0.25, -0.2) is 0 Å². The van der Waals surface area contributed by atoms with Crippen molar-refractivity contribution in [2.24, 2.45) is 0 Å². The molecule has 32 heavy (non-hydrogen) atoms. The lowest BCUT2D eigenvalue weighted by atomic mass is 10.0. The zero-order chi connectivity index (χ0) is 22.2. The molecule has 0 bridgehead atoms. The van der Waals surface area contributed by atoms with Crippen molar-refractivity contribution < 1.29 is 9.53 Å². The summed E-state index contributed by atoms with van der Waals surface area (Å²) >= 11 is 3.49. The van der Waals surface area contributed by atoms with Crippen molar-refractivity contribution in [3.8, 4) is 5.75 Å². The lowest BCUT2D eigenvalue weighted by Gasteiger charge is -2.32. The van der Waals surface area contributed by atoms with Crippen molar-refractivity contribution >= 4 is 21.8 Å². The number of benzene rings is 3. The molecule has 0 aliphatic carbocycles. The van der Waals surface area contributed by atoms with Gasteiger partial charge in [0.1, 0.15) is 5.75 Å². The van der Waals surface area contributed by atoms with E-state index in [0.717, 1.165) is 43.4 Å². The van der Waals surface area contributed by atoms with Gasteiger partial charge >= 0.3 is 0 Å². The van der Waals surface area contributed by atoms with Crippen molar-refractivity contribution in [1.82, 2.24) is 10.2 Å². The average molecular weight is 493 g/mol. The molecule has 0 aromatic heterocycles. The number of likely N-dealkylation sites (tertiary alicyclic amines) is 1. The maximum Gasteiger partial charge on any atom is 0.255 e. The Labute approximate surface area is 198 Å². The second-order valence-electron chi connectivity index (χ2n) is 8.23. The predicted molar refractivity (Wildman–Crippen MR) is 132 cm³/mol. The van der Waals surface area contributed by atoms with Crippen molar-refractivity contribution in [1.29, 1.82) is 0 Å². The van der Waals surface area contributed by atoms with Crippen molar-refractivity contribution in [3.05, 3.63) is 100 Å². The van der Waals surface area contributed by atoms with Crippen LogP contribution in [-0.2, 0) is 13.0 Å². The van der Waals surface area contributed by atoms with E-state index < -0.39 is 0 Å². The number of ether oxygens (including phenoxy) is 1. The lowest BCUT2D eigenvalue weighted by Crippen LogP contribution is -2.44. The third-order valence-corrected chi connectivity index (χ3v) is 6.34. The van der Waals surface area contributed by atoms with Crippen LogP contribution < -0.4 is 10.1 Å². The summed E-state index contributed by atoms with van der Waals surface area (Å²) in [7, 11) is 0. The van der Waals surface area contributed by atoms with E-state index in [1.54, 1.807) is 0 Å². The van der Waals surface area contributed by atoms with Crippen LogP contribution in [-0.4, -0.2) is 36.5 Å². The lowest BCUT2D eigenvalue weighted by molar-refractivity contribution is 0.0905. The molecule has 166 valence electrons. The van der Waals surface area contributed by atoms with Gasteiger partial charge in [0.15, 0.2) is 0 Å². The highest BCUT2D eigenvalue weighted by molar-refractivity contribution is 9.10. The number of amides is 1. The van der Waals surface area contributed by atoms with Gasteiger partial charge in [-0.1, -0.05) is 76.6 Å². The van der Waals surface area contributed by atoms with Gasteiger partial charge in [0.25, 0.3) is 5.91 Å². The van der Waals surface area contributed by atoms with Crippen molar-refractivity contribution in [2.45, 2.75) is 31.8 Å². The van der Waals surface area contributed by atoms with Crippen LogP contribution in [0.25, 0.3) is 0 Å². The van der Waals surface area contributed by atoms with Gasteiger partial charge in [-0.15, -0.1) is 0 Å². The van der Waals surface area contributed by atoms with E-state index in [1.165, 1.54) is 11.1 Å². The van der Waals surface area contributed by atoms with Gasteiger partial charge in [0.05, 0.1) is 12.2 Å². The Balaban J connectivity index is 1.30. The van der Waals surface area contributed by atoms with Crippen LogP contribution in [0.5, 0.6) is 5.75 Å². The van der Waals surface area contributed by atoms with Crippen LogP contribution in [0, 0.1) is 0 Å². The largest absolute Gasteiger partial charge is 0.492 e. The minimum Gasteiger partial charge on any atom is -0.492 e. The second-order valence-corrected chi connectivity index (χ2v) is 9.15. The molecule has 0 radical (unpaired) electrons. The minimum atomic E-state index is -0.0671. The minimum absolute atomic E-state index is 0.0671. The highest BCUT2D eigenvalue weighted by Crippen LogP contribution is 2.24. The fourth-order valence-electron chi connectivity index (χ4n) is 4.07. The van der Waals surface area contributed by atoms with Gasteiger partial charge in [0.2, 0.25) is 0 Å². The highest BCUT2D eigenvalue weighted by Gasteiger charge is 2.23. The zero-order valence-electron chi connectivity index (χ0n) is 18.2. The molecule has 1 heterocycles. The molecule has 1 aliphatic rings. The number of piperidine rings is 1. The summed E-state index contributed by atoms with van der Waals surface area (Å²) in [4.78, 5) is 15.5. The topological polar surface area (TPSA) is 41.6 Å². The summed E-state index contributed by atoms with van der Waals surface area (Å²) in [6, 6.07) is 26.6. The van der Waals surface area contributed by atoms with Crippen molar-refractivity contribution in [3.63, 3.8) is 0 Å². The Kier molecular flexibility index (Phi) is 7.97. The van der Waals surface area contributed by atoms with Gasteiger partial charge in [-0.05, 0) is 42.2 Å². The molecule has 3 aromatic rings. The van der Waals surface area contributed by atoms with Crippen LogP contribution in [0.1, 0.15) is 34.3 Å². The molecular formula is C27H29BrN2O2. The van der Waals surface area contributed by atoms with E-state index >= 15 is 0 Å². The quantitative estimate of drug-likeness (QED) is 0.453. The summed E-state index contributed by atoms with van der Waals surface area (Å²) in [6.07, 6.45) is 2.71. The summed E-state index contributed by atoms with van der Waals surface area (Å²) in [5, 5.41) is 3.23. The highest BCUT2D eigenvalue weighted by atomic mass is 79.9. The van der Waals surface area contributed by atoms with Crippen LogP contribution >= 0.6 is 15.9 Å². The molecule has 0 spiro atoms. The van der Waals surface area contributed by atoms with Crippen molar-refractivity contribution in [2.75, 3.05) is 19.7 Å². The van der Waals surface area contributed by atoms with E-state index in [0.29, 0.717) is 17.9 Å². The Hall–Kier alpha value is -2.63. The standard InChI is InChI=1S/C27H29BrN2O2/c28-23-11-12-26(32-18-15-21-7-3-1-4-8-21)25(19-23)27(31)29-24-13-16-30(17-14-24)20-22-9-5-2-6-10-22/h1-12,19,24H,13-18,20H2,(H,29,31). The summed E-state index contributed by atoms with van der Waals surface area (Å²) < 4.78 is 6.87. The number of halogens is 1. The van der Waals surface area contributed by atoms with Gasteiger partial charge in [-0.3, -0.25) is 9.69 Å². The van der Waals surface area contributed by atoms with E-state index in [1.807, 2.05) is 42.5 Å². The van der Waals surface area contributed by atoms with Crippen LogP contribution in [0.2, 0.25) is 0 Å². The number of carbonyl (C=O) groups is 1. The smallest absolute Gasteiger partial charge is 0.255 e. The van der Waals surface area contributed by atoms with Gasteiger partial charge in [-0.2, -0.15) is 0 Å². The number of hydrogen-bond acceptors (Lipinski definition) is 3. The molecule has 1 saturated heterocycles. The molecule has 4 rings (SSSR count). The van der Waals surface area contributed by atoms with E-state index in [9.17, 15) is 4.79 Å². The molecule has 4 nitrogen and oxygen atoms in total. The van der Waals surface area contributed by atoms with E-state index in [2.05, 4.69) is 62.5 Å². The SMILES string of the molecule is O=C(NC1CCN(Cc2ccccc2)CC1)c1cc(Br)ccc1OCCc1ccccc1. The van der Waals surface area contributed by atoms with Crippen LogP contribution in [0.3, 0.4) is 0 Å². The predicted octanol–water partition coefficient (Wildman–Crippen LogP) is 5.47. The third-order valence-electron chi connectivity index (χ3n) is 5.85. The van der Waals surface area contributed by atoms with Crippen LogP contribution in [0.4, 0.5) is 0 Å². The summed E-state index contributed by atoms with van der Waals surface area (Å²) in [6.45, 7) is 3.47. The molecule has 0 atom stereocenters. The fourth-order valence-corrected chi connectivity index (χ4v) is 4.43. The van der Waals surface area contributed by atoms with E-state index in [-0.39, 0.29) is 11.9 Å². The van der Waals surface area contributed by atoms with Gasteiger partial charge in [0, 0.05) is 36.6 Å². The van der Waals surface area contributed by atoms with Gasteiger partial charge < -0.3 is 10.1 Å². The fraction of sp³-hybridized carbons (Fsp3) is 0.296. The average Bonchev–Trinajstić information content (AvgIpc) is 2.82. The number of rotatable bonds is 8. The van der Waals surface area contributed by atoms with Crippen LogP contribution in [0.15, 0.2) is 83.3 Å². The third kappa shape index (κ3) is 6.44. The number of nitrogens with zero attached hydrogens (tertiary/aromatic N) is 1. The molecule has 0 unspecified atom stereocenters. The Bertz CT molecular complexity index is 1000. The normalized spacial score (nSPS) is 14.8. The Morgan fingerprint density at radius 1 is 0.938 bits per heavy atom. The maximum absolute atomic E-state index is 13.1. The Morgan fingerprint density at radius 2 is 1.59 bits per heavy atom. The Morgan fingerprint density at radius 3 is 2.28 bits per heavy atom. The number of nitrogens with one attached hydrogen (secondary N) is 1. The second kappa shape index (κ2) is 11.3. The number of hydrogen-bond donors (Lipinski definition) is 1. The first-order chi connectivity index (χ1) is 15.7. The molecule has 0 saturated carbocycles. The summed E-state index contributed by atoms with van der Waals surface area (Å²) in [5.74, 6) is 0.561. The monoisotopic (exact) mass is 492 g/mol. The molecule has 1 amide bonds. The molecular weight excluding hydrogens is 464 g/mol. The summed E-state index contributed by atoms with van der Waals surface area (Å²) in [5.41, 5.74) is 3.14. The molecule has 1 aliphatic heterocycles. The first-order valence-electron chi connectivity index (χ1n) is 11.2. The molecule has 3 aromatic carbocycles. The maximum atomic E-state index is 13.1. The first-order valence-corrected chi connectivity index (χ1v) is 12.0. The number of carbonyl (C=O) groups excluding carboxylic acids is 1. The zero-order valence-corrected chi connectivity index (χ0v) is 19.8.